The molecule has 1 atom stereocenters. The molecule has 0 bridgehead atoms. The van der Waals surface area contributed by atoms with Gasteiger partial charge in [0.2, 0.25) is 0 Å². The summed E-state index contributed by atoms with van der Waals surface area (Å²) in [6.07, 6.45) is 2.16. The predicted molar refractivity (Wildman–Crippen MR) is 68.5 cm³/mol. The van der Waals surface area contributed by atoms with Crippen molar-refractivity contribution < 1.29 is 19.5 Å². The first-order valence-corrected chi connectivity index (χ1v) is 5.84. The maximum Gasteiger partial charge on any atom is 0.320 e. The van der Waals surface area contributed by atoms with Crippen LogP contribution in [0.2, 0.25) is 0 Å². The van der Waals surface area contributed by atoms with Crippen LogP contribution in [0.5, 0.6) is 0 Å². The Morgan fingerprint density at radius 2 is 1.82 bits per heavy atom. The van der Waals surface area contributed by atoms with Gasteiger partial charge in [0.1, 0.15) is 12.6 Å². The van der Waals surface area contributed by atoms with Gasteiger partial charge < -0.3 is 26.2 Å². The predicted octanol–water partition coefficient (Wildman–Crippen LogP) is -0.788. The SMILES string of the molecule is C[N+](C)(C)CCO.NCCCCC(N)C(=O)O. The van der Waals surface area contributed by atoms with Crippen molar-refractivity contribution in [2.75, 3.05) is 40.8 Å². The quantitative estimate of drug-likeness (QED) is 0.350. The van der Waals surface area contributed by atoms with Crippen LogP contribution in [-0.2, 0) is 4.79 Å². The molecule has 0 aliphatic rings. The summed E-state index contributed by atoms with van der Waals surface area (Å²) in [6.45, 7) is 1.72. The number of hydrogen-bond acceptors (Lipinski definition) is 4. The standard InChI is InChI=1S/C6H14N2O2.C5H14NO/c7-4-2-1-3-5(8)6(9)10;1-6(2,3)4-5-7/h5H,1-4,7-8H2,(H,9,10);7H,4-5H2,1-3H3/q;+1. The molecule has 0 aromatic carbocycles. The van der Waals surface area contributed by atoms with Crippen molar-refractivity contribution in [3.05, 3.63) is 0 Å². The lowest BCUT2D eigenvalue weighted by molar-refractivity contribution is -0.870. The van der Waals surface area contributed by atoms with Crippen LogP contribution in [0.15, 0.2) is 0 Å². The fourth-order valence-corrected chi connectivity index (χ4v) is 0.932. The molecule has 0 radical (unpaired) electrons. The topological polar surface area (TPSA) is 110 Å². The number of likely N-dealkylation sites (N-methyl/N-ethyl adjacent to an activating group) is 1. The Labute approximate surface area is 104 Å². The summed E-state index contributed by atoms with van der Waals surface area (Å²) >= 11 is 0. The van der Waals surface area contributed by atoms with E-state index in [1.54, 1.807) is 0 Å². The van der Waals surface area contributed by atoms with Crippen molar-refractivity contribution in [3.8, 4) is 0 Å². The van der Waals surface area contributed by atoms with Crippen LogP contribution in [0.25, 0.3) is 0 Å². The van der Waals surface area contributed by atoms with Gasteiger partial charge in [-0.15, -0.1) is 0 Å². The summed E-state index contributed by atoms with van der Waals surface area (Å²) in [4.78, 5) is 10.1. The highest BCUT2D eigenvalue weighted by atomic mass is 16.4. The minimum Gasteiger partial charge on any atom is -0.480 e. The Kier molecular flexibility index (Phi) is 11.5. The van der Waals surface area contributed by atoms with E-state index < -0.39 is 12.0 Å². The number of quaternary nitrogens is 1. The summed E-state index contributed by atoms with van der Waals surface area (Å²) in [5, 5.41) is 16.7. The first-order valence-electron chi connectivity index (χ1n) is 5.84. The van der Waals surface area contributed by atoms with Crippen molar-refractivity contribution in [2.45, 2.75) is 25.3 Å². The number of carboxylic acid groups (broad SMARTS) is 1. The van der Waals surface area contributed by atoms with Gasteiger partial charge in [-0.2, -0.15) is 0 Å². The van der Waals surface area contributed by atoms with Crippen LogP contribution >= 0.6 is 0 Å². The summed E-state index contributed by atoms with van der Waals surface area (Å²) in [5.74, 6) is -0.933. The van der Waals surface area contributed by atoms with E-state index in [0.717, 1.165) is 23.9 Å². The molecular weight excluding hydrogens is 222 g/mol. The zero-order valence-corrected chi connectivity index (χ0v) is 11.2. The Balaban J connectivity index is 0. The molecule has 0 saturated carbocycles. The molecule has 6 N–H and O–H groups in total. The van der Waals surface area contributed by atoms with E-state index in [1.807, 2.05) is 0 Å². The number of carboxylic acids is 1. The normalized spacial score (nSPS) is 12.6. The second-order valence-corrected chi connectivity index (χ2v) is 4.97. The van der Waals surface area contributed by atoms with Crippen molar-refractivity contribution in [3.63, 3.8) is 0 Å². The molecule has 6 nitrogen and oxygen atoms in total. The first-order chi connectivity index (χ1) is 7.74. The zero-order chi connectivity index (χ0) is 13.9. The van der Waals surface area contributed by atoms with Gasteiger partial charge in [0.05, 0.1) is 27.7 Å². The van der Waals surface area contributed by atoms with Crippen LogP contribution < -0.4 is 11.5 Å². The highest BCUT2D eigenvalue weighted by Gasteiger charge is 2.09. The van der Waals surface area contributed by atoms with Crippen LogP contribution in [0.3, 0.4) is 0 Å². The average molecular weight is 250 g/mol. The second kappa shape index (κ2) is 10.5. The van der Waals surface area contributed by atoms with E-state index in [1.165, 1.54) is 0 Å². The first kappa shape index (κ1) is 18.7. The highest BCUT2D eigenvalue weighted by molar-refractivity contribution is 5.72. The molecule has 17 heavy (non-hydrogen) atoms. The largest absolute Gasteiger partial charge is 0.480 e. The molecule has 0 aliphatic heterocycles. The molecule has 0 fully saturated rings. The summed E-state index contributed by atoms with van der Waals surface area (Å²) in [5.41, 5.74) is 10.4. The number of hydrogen-bond donors (Lipinski definition) is 4. The van der Waals surface area contributed by atoms with E-state index >= 15 is 0 Å². The molecule has 0 aromatic heterocycles. The van der Waals surface area contributed by atoms with Gasteiger partial charge >= 0.3 is 5.97 Å². The zero-order valence-electron chi connectivity index (χ0n) is 11.2. The lowest BCUT2D eigenvalue weighted by Crippen LogP contribution is -2.36. The Bertz CT molecular complexity index is 193. The molecule has 0 aromatic rings. The van der Waals surface area contributed by atoms with Crippen LogP contribution in [-0.4, -0.2) is 67.5 Å². The molecule has 0 spiro atoms. The Morgan fingerprint density at radius 3 is 2.06 bits per heavy atom. The summed E-state index contributed by atoms with van der Waals surface area (Å²) in [6, 6.07) is -0.716. The van der Waals surface area contributed by atoms with E-state index in [9.17, 15) is 4.79 Å². The third kappa shape index (κ3) is 17.9. The Hall–Kier alpha value is -0.690. The number of nitrogens with two attached hydrogens (primary N) is 2. The maximum absolute atomic E-state index is 10.1. The number of aliphatic hydroxyl groups is 1. The van der Waals surface area contributed by atoms with Crippen molar-refractivity contribution in [1.29, 1.82) is 0 Å². The van der Waals surface area contributed by atoms with Gasteiger partial charge in [0, 0.05) is 0 Å². The fraction of sp³-hybridized carbons (Fsp3) is 0.909. The molecule has 0 amide bonds. The van der Waals surface area contributed by atoms with Crippen LogP contribution in [0.1, 0.15) is 19.3 Å². The summed E-state index contributed by atoms with van der Waals surface area (Å²) in [7, 11) is 6.16. The maximum atomic E-state index is 10.1. The molecule has 0 heterocycles. The van der Waals surface area contributed by atoms with Gasteiger partial charge in [-0.1, -0.05) is 6.42 Å². The Morgan fingerprint density at radius 1 is 1.29 bits per heavy atom. The minimum atomic E-state index is -0.933. The molecule has 0 aliphatic carbocycles. The van der Waals surface area contributed by atoms with E-state index in [2.05, 4.69) is 21.1 Å². The van der Waals surface area contributed by atoms with Crippen LogP contribution in [0, 0.1) is 0 Å². The van der Waals surface area contributed by atoms with Crippen LogP contribution in [0.4, 0.5) is 0 Å². The minimum absolute atomic E-state index is 0.281. The van der Waals surface area contributed by atoms with Gasteiger partial charge in [-0.3, -0.25) is 4.79 Å². The molecule has 0 saturated heterocycles. The van der Waals surface area contributed by atoms with Gasteiger partial charge in [-0.05, 0) is 19.4 Å². The molecule has 6 heteroatoms. The molecule has 1 unspecified atom stereocenters. The van der Waals surface area contributed by atoms with Crippen molar-refractivity contribution in [1.82, 2.24) is 0 Å². The van der Waals surface area contributed by atoms with Gasteiger partial charge in [0.15, 0.2) is 0 Å². The summed E-state index contributed by atoms with van der Waals surface area (Å²) < 4.78 is 0.844. The number of aliphatic hydroxyl groups excluding tert-OH is 1. The molecule has 0 rings (SSSR count). The lowest BCUT2D eigenvalue weighted by Gasteiger charge is -2.21. The molecular formula is C11H28N3O3+. The van der Waals surface area contributed by atoms with Gasteiger partial charge in [-0.25, -0.2) is 0 Å². The highest BCUT2D eigenvalue weighted by Crippen LogP contribution is 1.96. The van der Waals surface area contributed by atoms with Crippen molar-refractivity contribution in [2.24, 2.45) is 11.5 Å². The number of aliphatic carboxylic acids is 1. The van der Waals surface area contributed by atoms with Crippen molar-refractivity contribution >= 4 is 5.97 Å². The lowest BCUT2D eigenvalue weighted by atomic mass is 10.1. The van der Waals surface area contributed by atoms with Gasteiger partial charge in [0.25, 0.3) is 0 Å². The van der Waals surface area contributed by atoms with E-state index in [-0.39, 0.29) is 6.61 Å². The third-order valence-electron chi connectivity index (χ3n) is 2.06. The smallest absolute Gasteiger partial charge is 0.320 e. The monoisotopic (exact) mass is 250 g/mol. The number of rotatable bonds is 7. The fourth-order valence-electron chi connectivity index (χ4n) is 0.932. The van der Waals surface area contributed by atoms with E-state index in [4.69, 9.17) is 21.7 Å². The second-order valence-electron chi connectivity index (χ2n) is 4.97. The number of carbonyl (C=O) groups is 1. The number of unbranched alkanes of at least 4 members (excludes halogenated alkanes) is 1. The third-order valence-corrected chi connectivity index (χ3v) is 2.06. The molecule has 104 valence electrons. The number of nitrogens with zero attached hydrogens (tertiary/aromatic N) is 1. The average Bonchev–Trinajstić information content (AvgIpc) is 2.16. The van der Waals surface area contributed by atoms with E-state index in [0.29, 0.717) is 13.0 Å².